The number of thioether (sulfide) groups is 1. The van der Waals surface area contributed by atoms with Crippen molar-refractivity contribution in [2.24, 2.45) is 10.1 Å². The minimum Gasteiger partial charge on any atom is -0.410 e. The summed E-state index contributed by atoms with van der Waals surface area (Å²) in [7, 11) is 0. The summed E-state index contributed by atoms with van der Waals surface area (Å²) >= 11 is 1.36. The molecule has 118 valence electrons. The predicted molar refractivity (Wildman–Crippen MR) is 92.6 cm³/mol. The number of carbonyl (C=O) groups is 1. The number of benzene rings is 1. The SMILES string of the molecule is CSC(=NC1CCCCC1)/C(=N/O)C(=O)c1ccc(C)cc1. The molecule has 1 aromatic rings. The van der Waals surface area contributed by atoms with Crippen LogP contribution in [0, 0.1) is 6.92 Å². The van der Waals surface area contributed by atoms with E-state index in [1.54, 1.807) is 12.1 Å². The molecule has 0 bridgehead atoms. The summed E-state index contributed by atoms with van der Waals surface area (Å²) in [5, 5.41) is 13.1. The van der Waals surface area contributed by atoms with Gasteiger partial charge in [-0.3, -0.25) is 9.79 Å². The summed E-state index contributed by atoms with van der Waals surface area (Å²) in [5.74, 6) is -0.286. The zero-order valence-corrected chi connectivity index (χ0v) is 13.9. The molecule has 0 radical (unpaired) electrons. The first-order valence-corrected chi connectivity index (χ1v) is 8.83. The van der Waals surface area contributed by atoms with E-state index in [2.05, 4.69) is 10.1 Å². The van der Waals surface area contributed by atoms with Crippen molar-refractivity contribution in [2.75, 3.05) is 6.26 Å². The second kappa shape index (κ2) is 8.13. The van der Waals surface area contributed by atoms with Crippen molar-refractivity contribution in [1.82, 2.24) is 0 Å². The standard InChI is InChI=1S/C17H22N2O2S/c1-12-8-10-13(11-9-12)16(20)15(19-21)17(22-2)18-14-6-4-3-5-7-14/h8-11,14,21H,3-7H2,1-2H3/b18-17?,19-15+. The average Bonchev–Trinajstić information content (AvgIpc) is 2.56. The largest absolute Gasteiger partial charge is 0.410 e. The first kappa shape index (κ1) is 16.7. The molecule has 0 unspecified atom stereocenters. The van der Waals surface area contributed by atoms with Crippen LogP contribution in [0.2, 0.25) is 0 Å². The molecule has 1 saturated carbocycles. The Hall–Kier alpha value is -1.62. The molecule has 0 aromatic heterocycles. The summed E-state index contributed by atoms with van der Waals surface area (Å²) in [4.78, 5) is 17.2. The van der Waals surface area contributed by atoms with E-state index in [-0.39, 0.29) is 17.5 Å². The van der Waals surface area contributed by atoms with Crippen LogP contribution >= 0.6 is 11.8 Å². The Kier molecular flexibility index (Phi) is 6.19. The third kappa shape index (κ3) is 4.19. The van der Waals surface area contributed by atoms with E-state index in [1.807, 2.05) is 25.3 Å². The summed E-state index contributed by atoms with van der Waals surface area (Å²) in [6, 6.07) is 7.49. The fourth-order valence-corrected chi connectivity index (χ4v) is 3.19. The van der Waals surface area contributed by atoms with Gasteiger partial charge in [0.1, 0.15) is 5.04 Å². The molecule has 4 nitrogen and oxygen atoms in total. The zero-order valence-electron chi connectivity index (χ0n) is 13.1. The van der Waals surface area contributed by atoms with Gasteiger partial charge in [0.15, 0.2) is 5.71 Å². The maximum Gasteiger partial charge on any atom is 0.217 e. The number of aliphatic imine (C=N–C) groups is 1. The van der Waals surface area contributed by atoms with Crippen molar-refractivity contribution in [2.45, 2.75) is 45.1 Å². The fraction of sp³-hybridized carbons (Fsp3) is 0.471. The Labute approximate surface area is 135 Å². The number of rotatable bonds is 4. The maximum atomic E-state index is 12.5. The van der Waals surface area contributed by atoms with E-state index in [0.29, 0.717) is 10.6 Å². The Morgan fingerprint density at radius 3 is 2.36 bits per heavy atom. The number of aryl methyl sites for hydroxylation is 1. The molecule has 1 fully saturated rings. The highest BCUT2D eigenvalue weighted by Gasteiger charge is 2.22. The molecule has 22 heavy (non-hydrogen) atoms. The van der Waals surface area contributed by atoms with Gasteiger partial charge in [0.25, 0.3) is 0 Å². The van der Waals surface area contributed by atoms with Gasteiger partial charge < -0.3 is 5.21 Å². The van der Waals surface area contributed by atoms with E-state index in [9.17, 15) is 10.0 Å². The summed E-state index contributed by atoms with van der Waals surface area (Å²) in [6.07, 6.45) is 7.54. The van der Waals surface area contributed by atoms with E-state index in [4.69, 9.17) is 0 Å². The van der Waals surface area contributed by atoms with Crippen LogP contribution in [0.4, 0.5) is 0 Å². The predicted octanol–water partition coefficient (Wildman–Crippen LogP) is 4.10. The third-order valence-corrected chi connectivity index (χ3v) is 4.58. The molecule has 0 aliphatic heterocycles. The lowest BCUT2D eigenvalue weighted by atomic mass is 9.96. The molecule has 5 heteroatoms. The summed E-state index contributed by atoms with van der Waals surface area (Å²) in [5.41, 5.74) is 1.64. The quantitative estimate of drug-likeness (QED) is 0.299. The van der Waals surface area contributed by atoms with Gasteiger partial charge in [-0.25, -0.2) is 0 Å². The smallest absolute Gasteiger partial charge is 0.217 e. The molecular formula is C17H22N2O2S. The number of ketones is 1. The van der Waals surface area contributed by atoms with E-state index < -0.39 is 0 Å². The van der Waals surface area contributed by atoms with Gasteiger partial charge in [-0.2, -0.15) is 0 Å². The number of hydrogen-bond donors (Lipinski definition) is 1. The molecule has 2 rings (SSSR count). The number of hydrogen-bond acceptors (Lipinski definition) is 5. The lowest BCUT2D eigenvalue weighted by Crippen LogP contribution is -2.24. The van der Waals surface area contributed by atoms with Crippen LogP contribution in [0.25, 0.3) is 0 Å². The van der Waals surface area contributed by atoms with Crippen molar-refractivity contribution in [3.63, 3.8) is 0 Å². The van der Waals surface area contributed by atoms with Gasteiger partial charge in [0.2, 0.25) is 5.78 Å². The number of oxime groups is 1. The Balaban J connectivity index is 2.22. The molecule has 1 aliphatic carbocycles. The maximum absolute atomic E-state index is 12.5. The Morgan fingerprint density at radius 2 is 1.82 bits per heavy atom. The van der Waals surface area contributed by atoms with Crippen molar-refractivity contribution in [3.05, 3.63) is 35.4 Å². The summed E-state index contributed by atoms with van der Waals surface area (Å²) < 4.78 is 0. The van der Waals surface area contributed by atoms with E-state index in [0.717, 1.165) is 18.4 Å². The molecule has 0 spiro atoms. The van der Waals surface area contributed by atoms with Gasteiger partial charge in [-0.05, 0) is 26.0 Å². The second-order valence-corrected chi connectivity index (χ2v) is 6.37. The van der Waals surface area contributed by atoms with Crippen LogP contribution in [-0.4, -0.2) is 34.0 Å². The van der Waals surface area contributed by atoms with Crippen molar-refractivity contribution in [3.8, 4) is 0 Å². The van der Waals surface area contributed by atoms with Gasteiger partial charge in [-0.15, -0.1) is 11.8 Å². The highest BCUT2D eigenvalue weighted by molar-refractivity contribution is 8.15. The number of nitrogens with zero attached hydrogens (tertiary/aromatic N) is 2. The van der Waals surface area contributed by atoms with Crippen LogP contribution in [0.1, 0.15) is 48.0 Å². The molecule has 0 atom stereocenters. The second-order valence-electron chi connectivity index (χ2n) is 5.57. The monoisotopic (exact) mass is 318 g/mol. The zero-order chi connectivity index (χ0) is 15.9. The first-order chi connectivity index (χ1) is 10.7. The normalized spacial score (nSPS) is 17.5. The Morgan fingerprint density at radius 1 is 1.18 bits per heavy atom. The lowest BCUT2D eigenvalue weighted by Gasteiger charge is -2.18. The first-order valence-electron chi connectivity index (χ1n) is 7.61. The molecule has 1 N–H and O–H groups in total. The van der Waals surface area contributed by atoms with E-state index in [1.165, 1.54) is 31.0 Å². The van der Waals surface area contributed by atoms with Crippen molar-refractivity contribution in [1.29, 1.82) is 0 Å². The van der Waals surface area contributed by atoms with Gasteiger partial charge in [0.05, 0.1) is 6.04 Å². The number of carbonyl (C=O) groups excluding carboxylic acids is 1. The molecule has 0 saturated heterocycles. The van der Waals surface area contributed by atoms with Crippen LogP contribution in [0.15, 0.2) is 34.4 Å². The highest BCUT2D eigenvalue weighted by Crippen LogP contribution is 2.22. The summed E-state index contributed by atoms with van der Waals surface area (Å²) in [6.45, 7) is 1.97. The van der Waals surface area contributed by atoms with Gasteiger partial charge >= 0.3 is 0 Å². The van der Waals surface area contributed by atoms with Gasteiger partial charge in [-0.1, -0.05) is 54.2 Å². The van der Waals surface area contributed by atoms with Crippen molar-refractivity contribution < 1.29 is 10.0 Å². The third-order valence-electron chi connectivity index (χ3n) is 3.90. The minimum atomic E-state index is -0.286. The lowest BCUT2D eigenvalue weighted by molar-refractivity contribution is 0.106. The molecule has 0 amide bonds. The van der Waals surface area contributed by atoms with Crippen LogP contribution in [0.3, 0.4) is 0 Å². The van der Waals surface area contributed by atoms with Crippen LogP contribution in [0.5, 0.6) is 0 Å². The molecule has 0 heterocycles. The fourth-order valence-electron chi connectivity index (χ4n) is 2.61. The highest BCUT2D eigenvalue weighted by atomic mass is 32.2. The van der Waals surface area contributed by atoms with E-state index >= 15 is 0 Å². The van der Waals surface area contributed by atoms with Gasteiger partial charge in [0, 0.05) is 5.56 Å². The molecular weight excluding hydrogens is 296 g/mol. The number of Topliss-reactive ketones (excluding diaryl/α,β-unsaturated/α-hetero) is 1. The van der Waals surface area contributed by atoms with Crippen LogP contribution in [-0.2, 0) is 0 Å². The Bertz CT molecular complexity index is 573. The molecule has 1 aromatic carbocycles. The average molecular weight is 318 g/mol. The topological polar surface area (TPSA) is 62.0 Å². The van der Waals surface area contributed by atoms with Crippen molar-refractivity contribution >= 4 is 28.3 Å². The minimum absolute atomic E-state index is 0.0435. The van der Waals surface area contributed by atoms with Crippen LogP contribution < -0.4 is 0 Å². The molecule has 1 aliphatic rings.